The first kappa shape index (κ1) is 13.8. The second-order valence-corrected chi connectivity index (χ2v) is 6.61. The third kappa shape index (κ3) is 2.96. The van der Waals surface area contributed by atoms with E-state index in [9.17, 15) is 0 Å². The molecule has 4 heteroatoms. The molecule has 0 saturated heterocycles. The molecule has 0 fully saturated rings. The van der Waals surface area contributed by atoms with Crippen LogP contribution in [0.25, 0.3) is 0 Å². The van der Waals surface area contributed by atoms with Crippen LogP contribution in [0.2, 0.25) is 0 Å². The lowest BCUT2D eigenvalue weighted by atomic mass is 9.97. The van der Waals surface area contributed by atoms with Gasteiger partial charge in [0.25, 0.3) is 0 Å². The molecule has 0 aliphatic heterocycles. The summed E-state index contributed by atoms with van der Waals surface area (Å²) < 4.78 is 0.804. The summed E-state index contributed by atoms with van der Waals surface area (Å²) in [4.78, 5) is 9.38. The highest BCUT2D eigenvalue weighted by molar-refractivity contribution is 7.98. The van der Waals surface area contributed by atoms with Crippen molar-refractivity contribution in [3.63, 3.8) is 0 Å². The molecule has 2 aromatic rings. The Morgan fingerprint density at radius 1 is 1.25 bits per heavy atom. The molecule has 0 unspecified atom stereocenters. The van der Waals surface area contributed by atoms with E-state index >= 15 is 0 Å². The van der Waals surface area contributed by atoms with Crippen LogP contribution in [0.5, 0.6) is 0 Å². The molecule has 1 aliphatic carbocycles. The van der Waals surface area contributed by atoms with Gasteiger partial charge in [0.05, 0.1) is 5.75 Å². The first-order chi connectivity index (χ1) is 9.74. The summed E-state index contributed by atoms with van der Waals surface area (Å²) in [5.41, 5.74) is 3.90. The van der Waals surface area contributed by atoms with E-state index in [1.54, 1.807) is 0 Å². The van der Waals surface area contributed by atoms with Crippen LogP contribution in [-0.4, -0.2) is 9.97 Å². The minimum Gasteiger partial charge on any atom is -0.346 e. The van der Waals surface area contributed by atoms with Gasteiger partial charge in [0.2, 0.25) is 0 Å². The molecule has 1 aromatic heterocycles. The molecule has 0 radical (unpaired) electrons. The number of rotatable bonds is 3. The summed E-state index contributed by atoms with van der Waals surface area (Å²) >= 11 is 7.26. The molecule has 0 bridgehead atoms. The van der Waals surface area contributed by atoms with Gasteiger partial charge in [0, 0.05) is 16.2 Å². The van der Waals surface area contributed by atoms with Crippen molar-refractivity contribution in [2.45, 2.75) is 43.3 Å². The molecule has 1 aliphatic rings. The van der Waals surface area contributed by atoms with E-state index in [1.165, 1.54) is 34.6 Å². The lowest BCUT2D eigenvalue weighted by Gasteiger charge is -2.16. The average molecular weight is 302 g/mol. The second kappa shape index (κ2) is 6.10. The van der Waals surface area contributed by atoms with Crippen molar-refractivity contribution < 1.29 is 0 Å². The molecule has 0 spiro atoms. The molecule has 0 atom stereocenters. The summed E-state index contributed by atoms with van der Waals surface area (Å²) in [6.07, 6.45) is 4.70. The molecule has 20 heavy (non-hydrogen) atoms. The van der Waals surface area contributed by atoms with Crippen molar-refractivity contribution in [1.82, 2.24) is 9.97 Å². The number of aromatic nitrogens is 2. The molecule has 0 saturated carbocycles. The van der Waals surface area contributed by atoms with Crippen LogP contribution in [0.1, 0.15) is 35.5 Å². The summed E-state index contributed by atoms with van der Waals surface area (Å²) in [5, 5.41) is 0. The quantitative estimate of drug-likeness (QED) is 0.662. The molecule has 104 valence electrons. The van der Waals surface area contributed by atoms with E-state index in [-0.39, 0.29) is 0 Å². The van der Waals surface area contributed by atoms with Crippen LogP contribution in [0.15, 0.2) is 29.2 Å². The minimum absolute atomic E-state index is 0.804. The Hall–Kier alpha value is -1.13. The maximum Gasteiger partial charge on any atom is 0.133 e. The minimum atomic E-state index is 0.804. The molecule has 0 amide bonds. The monoisotopic (exact) mass is 302 g/mol. The Morgan fingerprint density at radius 2 is 2.05 bits per heavy atom. The lowest BCUT2D eigenvalue weighted by Crippen LogP contribution is -2.09. The predicted octanol–water partition coefficient (Wildman–Crippen LogP) is 4.62. The summed E-state index contributed by atoms with van der Waals surface area (Å²) in [6.45, 7) is 2.14. The zero-order valence-corrected chi connectivity index (χ0v) is 13.2. The van der Waals surface area contributed by atoms with Crippen molar-refractivity contribution in [2.75, 3.05) is 0 Å². The van der Waals surface area contributed by atoms with Gasteiger partial charge in [-0.15, -0.1) is 11.8 Å². The fraction of sp³-hybridized carbons (Fsp3) is 0.375. The van der Waals surface area contributed by atoms with Gasteiger partial charge in [0.1, 0.15) is 10.5 Å². The molecular formula is C16H18N2S2. The third-order valence-corrected chi connectivity index (χ3v) is 5.24. The molecular weight excluding hydrogens is 284 g/mol. The van der Waals surface area contributed by atoms with Gasteiger partial charge in [-0.1, -0.05) is 30.4 Å². The smallest absolute Gasteiger partial charge is 0.133 e. The van der Waals surface area contributed by atoms with E-state index in [1.807, 2.05) is 11.8 Å². The summed E-state index contributed by atoms with van der Waals surface area (Å²) in [6, 6.07) is 8.46. The van der Waals surface area contributed by atoms with Gasteiger partial charge in [-0.3, -0.25) is 0 Å². The Labute approximate surface area is 129 Å². The maximum absolute atomic E-state index is 5.44. The van der Waals surface area contributed by atoms with Crippen molar-refractivity contribution in [1.29, 1.82) is 0 Å². The molecule has 1 heterocycles. The van der Waals surface area contributed by atoms with Crippen LogP contribution < -0.4 is 0 Å². The maximum atomic E-state index is 5.44. The van der Waals surface area contributed by atoms with Crippen molar-refractivity contribution in [3.05, 3.63) is 51.6 Å². The van der Waals surface area contributed by atoms with Gasteiger partial charge in [0.15, 0.2) is 0 Å². The number of hydrogen-bond donors (Lipinski definition) is 1. The number of nitrogens with one attached hydrogen (secondary N) is 1. The average Bonchev–Trinajstić information content (AvgIpc) is 2.46. The van der Waals surface area contributed by atoms with E-state index < -0.39 is 0 Å². The van der Waals surface area contributed by atoms with Crippen LogP contribution in [0.4, 0.5) is 0 Å². The Kier molecular flexibility index (Phi) is 4.22. The second-order valence-electron chi connectivity index (χ2n) is 5.21. The van der Waals surface area contributed by atoms with Crippen molar-refractivity contribution >= 4 is 24.0 Å². The highest BCUT2D eigenvalue weighted by Crippen LogP contribution is 2.26. The topological polar surface area (TPSA) is 28.7 Å². The van der Waals surface area contributed by atoms with Gasteiger partial charge < -0.3 is 4.98 Å². The van der Waals surface area contributed by atoms with E-state index in [2.05, 4.69) is 41.2 Å². The number of H-pyrrole nitrogens is 1. The molecule has 1 aromatic carbocycles. The van der Waals surface area contributed by atoms with E-state index in [0.29, 0.717) is 0 Å². The Bertz CT molecular complexity index is 676. The zero-order valence-electron chi connectivity index (χ0n) is 11.6. The van der Waals surface area contributed by atoms with Crippen LogP contribution in [0.3, 0.4) is 0 Å². The largest absolute Gasteiger partial charge is 0.346 e. The number of fused-ring (bicyclic) bond motifs is 1. The normalized spacial score (nSPS) is 14.1. The van der Waals surface area contributed by atoms with Gasteiger partial charge in [-0.25, -0.2) is 4.98 Å². The highest BCUT2D eigenvalue weighted by atomic mass is 32.2. The van der Waals surface area contributed by atoms with Gasteiger partial charge in [-0.05, 0) is 44.2 Å². The highest BCUT2D eigenvalue weighted by Gasteiger charge is 2.13. The lowest BCUT2D eigenvalue weighted by molar-refractivity contribution is 0.655. The molecule has 1 N–H and O–H groups in total. The number of hydrogen-bond acceptors (Lipinski definition) is 3. The van der Waals surface area contributed by atoms with Gasteiger partial charge >= 0.3 is 0 Å². The van der Waals surface area contributed by atoms with Gasteiger partial charge in [-0.2, -0.15) is 0 Å². The third-order valence-electron chi connectivity index (χ3n) is 3.72. The van der Waals surface area contributed by atoms with Crippen LogP contribution in [0, 0.1) is 11.6 Å². The summed E-state index contributed by atoms with van der Waals surface area (Å²) in [5.74, 6) is 1.85. The number of nitrogens with zero attached hydrogens (tertiary/aromatic N) is 1. The SMILES string of the molecule is Cc1ccccc1SCc1nc(=S)c2c([nH]1)CCCC2. The van der Waals surface area contributed by atoms with Crippen LogP contribution in [-0.2, 0) is 18.6 Å². The Morgan fingerprint density at radius 3 is 2.90 bits per heavy atom. The van der Waals surface area contributed by atoms with Crippen LogP contribution >= 0.6 is 24.0 Å². The van der Waals surface area contributed by atoms with Crippen molar-refractivity contribution in [2.24, 2.45) is 0 Å². The Balaban J connectivity index is 1.80. The number of aromatic amines is 1. The fourth-order valence-electron chi connectivity index (χ4n) is 2.60. The van der Waals surface area contributed by atoms with E-state index in [4.69, 9.17) is 12.2 Å². The fourth-order valence-corrected chi connectivity index (χ4v) is 3.84. The summed E-state index contributed by atoms with van der Waals surface area (Å²) in [7, 11) is 0. The first-order valence-electron chi connectivity index (χ1n) is 7.03. The standard InChI is InChI=1S/C16H18N2S2/c1-11-6-2-5-9-14(11)20-10-15-17-13-8-4-3-7-12(13)16(19)18-15/h2,5-6,9H,3-4,7-8,10H2,1H3,(H,17,18,19). The van der Waals surface area contributed by atoms with E-state index in [0.717, 1.165) is 29.1 Å². The molecule has 3 rings (SSSR count). The van der Waals surface area contributed by atoms with Crippen molar-refractivity contribution in [3.8, 4) is 0 Å². The molecule has 2 nitrogen and oxygen atoms in total. The first-order valence-corrected chi connectivity index (χ1v) is 8.43. The number of aryl methyl sites for hydroxylation is 2. The number of benzene rings is 1. The zero-order chi connectivity index (χ0) is 13.9. The number of thioether (sulfide) groups is 1. The predicted molar refractivity (Wildman–Crippen MR) is 86.8 cm³/mol.